The minimum absolute atomic E-state index is 0.0730. The quantitative estimate of drug-likeness (QED) is 0.848. The Hall–Kier alpha value is -0.950. The number of anilines is 1. The number of piperidine rings is 1. The van der Waals surface area contributed by atoms with Crippen LogP contribution in [-0.4, -0.2) is 38.9 Å². The highest BCUT2D eigenvalue weighted by molar-refractivity contribution is 9.10. The number of carbonyl (C=O) groups excluding carboxylic acids is 1. The molecule has 1 amide bonds. The number of rotatable bonds is 2. The van der Waals surface area contributed by atoms with Crippen LogP contribution in [0.4, 0.5) is 5.69 Å². The van der Waals surface area contributed by atoms with Crippen molar-refractivity contribution in [2.75, 3.05) is 37.9 Å². The molecule has 5 nitrogen and oxygen atoms in total. The molecule has 6 heteroatoms. The van der Waals surface area contributed by atoms with E-state index in [1.807, 2.05) is 23.1 Å². The molecule has 1 aromatic rings. The van der Waals surface area contributed by atoms with Crippen molar-refractivity contribution < 1.29 is 19.2 Å². The second-order valence-electron chi connectivity index (χ2n) is 6.18. The largest absolute Gasteiger partial charge is 0.336 e. The zero-order chi connectivity index (χ0) is 15.2. The van der Waals surface area contributed by atoms with Crippen molar-refractivity contribution in [1.29, 1.82) is 0 Å². The van der Waals surface area contributed by atoms with Crippen LogP contribution in [0.15, 0.2) is 22.7 Å². The molecule has 0 unspecified atom stereocenters. The van der Waals surface area contributed by atoms with Crippen molar-refractivity contribution >= 4 is 27.5 Å². The molecule has 0 aromatic heterocycles. The third-order valence-electron chi connectivity index (χ3n) is 4.77. The van der Waals surface area contributed by atoms with Crippen LogP contribution >= 0.6 is 15.9 Å². The molecule has 1 spiro atoms. The molecule has 22 heavy (non-hydrogen) atoms. The summed E-state index contributed by atoms with van der Waals surface area (Å²) < 4.78 is 12.5. The van der Waals surface area contributed by atoms with Gasteiger partial charge in [0.15, 0.2) is 6.67 Å². The fourth-order valence-electron chi connectivity index (χ4n) is 3.69. The van der Waals surface area contributed by atoms with E-state index in [1.54, 1.807) is 0 Å². The number of benzene rings is 1. The average Bonchev–Trinajstić information content (AvgIpc) is 3.10. The van der Waals surface area contributed by atoms with Gasteiger partial charge in [-0.25, -0.2) is 0 Å². The van der Waals surface area contributed by atoms with E-state index < -0.39 is 5.79 Å². The van der Waals surface area contributed by atoms with Gasteiger partial charge in [-0.3, -0.25) is 9.69 Å². The monoisotopic (exact) mass is 367 g/mol. The Morgan fingerprint density at radius 3 is 2.64 bits per heavy atom. The molecule has 4 rings (SSSR count). The van der Waals surface area contributed by atoms with Crippen LogP contribution in [0.2, 0.25) is 0 Å². The van der Waals surface area contributed by atoms with E-state index in [0.29, 0.717) is 19.9 Å². The maximum atomic E-state index is 13.0. The normalized spacial score (nSPS) is 24.2. The van der Waals surface area contributed by atoms with Gasteiger partial charge >= 0.3 is 0 Å². The summed E-state index contributed by atoms with van der Waals surface area (Å²) in [5.41, 5.74) is 1.76. The zero-order valence-corrected chi connectivity index (χ0v) is 14.0. The van der Waals surface area contributed by atoms with Crippen LogP contribution in [0.3, 0.4) is 0 Å². The summed E-state index contributed by atoms with van der Waals surface area (Å²) in [5, 5.41) is 0. The van der Waals surface area contributed by atoms with Gasteiger partial charge in [-0.1, -0.05) is 15.9 Å². The molecule has 118 valence electrons. The molecule has 0 aliphatic carbocycles. The third kappa shape index (κ3) is 2.21. The maximum Gasteiger partial charge on any atom is 0.296 e. The molecule has 3 heterocycles. The van der Waals surface area contributed by atoms with E-state index in [1.165, 1.54) is 24.2 Å². The van der Waals surface area contributed by atoms with Crippen molar-refractivity contribution in [1.82, 2.24) is 0 Å². The summed E-state index contributed by atoms with van der Waals surface area (Å²) in [6, 6.07) is 5.91. The Balaban J connectivity index is 1.69. The number of hydrogen-bond acceptors (Lipinski definition) is 3. The molecular weight excluding hydrogens is 348 g/mol. The summed E-state index contributed by atoms with van der Waals surface area (Å²) in [6.07, 6.45) is 3.78. The number of halogens is 1. The van der Waals surface area contributed by atoms with Gasteiger partial charge in [0.1, 0.15) is 0 Å². The fourth-order valence-corrected chi connectivity index (χ4v) is 4.05. The molecule has 0 atom stereocenters. The van der Waals surface area contributed by atoms with Crippen LogP contribution in [0.1, 0.15) is 24.8 Å². The molecule has 3 aliphatic heterocycles. The lowest BCUT2D eigenvalue weighted by Crippen LogP contribution is -3.14. The van der Waals surface area contributed by atoms with E-state index in [4.69, 9.17) is 9.47 Å². The summed E-state index contributed by atoms with van der Waals surface area (Å²) in [6.45, 7) is 3.88. The van der Waals surface area contributed by atoms with Gasteiger partial charge in [-0.2, -0.15) is 0 Å². The Kier molecular flexibility index (Phi) is 3.72. The van der Waals surface area contributed by atoms with Gasteiger partial charge in [0, 0.05) is 10.0 Å². The minimum atomic E-state index is -1.21. The molecule has 1 aromatic carbocycles. The highest BCUT2D eigenvalue weighted by Crippen LogP contribution is 2.46. The molecule has 2 saturated heterocycles. The molecule has 1 N–H and O–H groups in total. The maximum absolute atomic E-state index is 13.0. The number of quaternary nitrogens is 1. The zero-order valence-electron chi connectivity index (χ0n) is 12.4. The second-order valence-corrected chi connectivity index (χ2v) is 7.09. The molecule has 3 aliphatic rings. The highest BCUT2D eigenvalue weighted by atomic mass is 79.9. The van der Waals surface area contributed by atoms with E-state index >= 15 is 0 Å². The summed E-state index contributed by atoms with van der Waals surface area (Å²) in [4.78, 5) is 16.3. The lowest BCUT2D eigenvalue weighted by atomic mass is 10.1. The minimum Gasteiger partial charge on any atom is -0.336 e. The van der Waals surface area contributed by atoms with Gasteiger partial charge in [0.05, 0.1) is 32.0 Å². The number of hydrogen-bond donors (Lipinski definition) is 1. The number of likely N-dealkylation sites (tertiary alicyclic amines) is 1. The van der Waals surface area contributed by atoms with E-state index in [2.05, 4.69) is 15.9 Å². The number of fused-ring (bicyclic) bond motifs is 2. The first-order chi connectivity index (χ1) is 10.7. The van der Waals surface area contributed by atoms with Crippen LogP contribution < -0.4 is 9.80 Å². The van der Waals surface area contributed by atoms with Gasteiger partial charge in [-0.05, 0) is 37.5 Å². The Morgan fingerprint density at radius 2 is 1.91 bits per heavy atom. The molecule has 0 bridgehead atoms. The Bertz CT molecular complexity index is 595. The lowest BCUT2D eigenvalue weighted by molar-refractivity contribution is -0.903. The van der Waals surface area contributed by atoms with Crippen LogP contribution in [-0.2, 0) is 20.1 Å². The van der Waals surface area contributed by atoms with Crippen molar-refractivity contribution in [2.24, 2.45) is 0 Å². The molecule has 0 radical (unpaired) electrons. The summed E-state index contributed by atoms with van der Waals surface area (Å²) >= 11 is 3.49. The molecular formula is C16H20BrN2O3+. The summed E-state index contributed by atoms with van der Waals surface area (Å²) in [7, 11) is 0. The fraction of sp³-hybridized carbons (Fsp3) is 0.562. The van der Waals surface area contributed by atoms with Gasteiger partial charge in [0.25, 0.3) is 11.7 Å². The highest BCUT2D eigenvalue weighted by Gasteiger charge is 2.56. The first-order valence-corrected chi connectivity index (χ1v) is 8.73. The Morgan fingerprint density at radius 1 is 1.18 bits per heavy atom. The Labute approximate surface area is 138 Å². The first-order valence-electron chi connectivity index (χ1n) is 7.94. The predicted octanol–water partition coefficient (Wildman–Crippen LogP) is 1.02. The van der Waals surface area contributed by atoms with Crippen molar-refractivity contribution in [3.63, 3.8) is 0 Å². The number of amides is 1. The van der Waals surface area contributed by atoms with Crippen molar-refractivity contribution in [2.45, 2.75) is 25.0 Å². The van der Waals surface area contributed by atoms with E-state index in [0.717, 1.165) is 28.8 Å². The van der Waals surface area contributed by atoms with Crippen molar-refractivity contribution in [3.8, 4) is 0 Å². The first kappa shape index (κ1) is 14.6. The number of carbonyl (C=O) groups is 1. The molecule has 0 saturated carbocycles. The second kappa shape index (κ2) is 5.60. The van der Waals surface area contributed by atoms with Gasteiger partial charge in [0.2, 0.25) is 0 Å². The van der Waals surface area contributed by atoms with Crippen LogP contribution in [0, 0.1) is 0 Å². The van der Waals surface area contributed by atoms with E-state index in [-0.39, 0.29) is 5.91 Å². The molecule has 2 fully saturated rings. The standard InChI is InChI=1S/C16H19BrN2O3/c17-12-4-5-14-13(10-12)16(21-8-9-22-16)15(20)19(14)11-18-6-2-1-3-7-18/h4-5,10H,1-3,6-9,11H2/p+1. The topological polar surface area (TPSA) is 43.2 Å². The third-order valence-corrected chi connectivity index (χ3v) is 5.26. The van der Waals surface area contributed by atoms with Crippen molar-refractivity contribution in [3.05, 3.63) is 28.2 Å². The van der Waals surface area contributed by atoms with Crippen LogP contribution in [0.5, 0.6) is 0 Å². The lowest BCUT2D eigenvalue weighted by Gasteiger charge is -2.28. The number of ether oxygens (including phenoxy) is 2. The van der Waals surface area contributed by atoms with Gasteiger partial charge < -0.3 is 14.4 Å². The van der Waals surface area contributed by atoms with Crippen LogP contribution in [0.25, 0.3) is 0 Å². The van der Waals surface area contributed by atoms with E-state index in [9.17, 15) is 4.79 Å². The summed E-state index contributed by atoms with van der Waals surface area (Å²) in [5.74, 6) is -1.29. The SMILES string of the molecule is O=C1N(C[NH+]2CCCCC2)c2ccc(Br)cc2C12OCCO2. The average molecular weight is 368 g/mol. The number of nitrogens with zero attached hydrogens (tertiary/aromatic N) is 1. The number of nitrogens with one attached hydrogen (secondary N) is 1. The predicted molar refractivity (Wildman–Crippen MR) is 84.6 cm³/mol. The van der Waals surface area contributed by atoms with Gasteiger partial charge in [-0.15, -0.1) is 0 Å². The smallest absolute Gasteiger partial charge is 0.296 e.